The summed E-state index contributed by atoms with van der Waals surface area (Å²) in [5.74, 6) is -6.79. The SMILES string of the molecule is Nc1nc(N)nc(C([N+](=O)[O-])([N+](=O)[O-])[N+](=O)[O-])n1. The van der Waals surface area contributed by atoms with Crippen molar-refractivity contribution in [2.24, 2.45) is 0 Å². The second-order valence-electron chi connectivity index (χ2n) is 2.78. The molecule has 1 rings (SSSR count). The second kappa shape index (κ2) is 4.00. The molecule has 0 bridgehead atoms. The highest BCUT2D eigenvalue weighted by Gasteiger charge is 2.76. The molecule has 0 saturated heterocycles. The van der Waals surface area contributed by atoms with Crippen LogP contribution < -0.4 is 11.5 Å². The van der Waals surface area contributed by atoms with Crippen molar-refractivity contribution >= 4 is 11.9 Å². The lowest BCUT2D eigenvalue weighted by atomic mass is 10.3. The zero-order valence-corrected chi connectivity index (χ0v) is 8.29. The molecule has 14 heteroatoms. The van der Waals surface area contributed by atoms with Gasteiger partial charge in [-0.05, 0) is 0 Å². The summed E-state index contributed by atoms with van der Waals surface area (Å²) in [4.78, 5) is 35.9. The van der Waals surface area contributed by atoms with Crippen molar-refractivity contribution in [1.29, 1.82) is 0 Å². The van der Waals surface area contributed by atoms with E-state index in [-0.39, 0.29) is 0 Å². The molecular formula is C4H4N8O6. The molecule has 4 N–H and O–H groups in total. The average Bonchev–Trinajstić information content (AvgIpc) is 2.13. The average molecular weight is 260 g/mol. The molecule has 0 spiro atoms. The molecule has 18 heavy (non-hydrogen) atoms. The molecule has 0 aliphatic carbocycles. The molecule has 0 unspecified atom stereocenters. The molecule has 0 fully saturated rings. The fraction of sp³-hybridized carbons (Fsp3) is 0.250. The summed E-state index contributed by atoms with van der Waals surface area (Å²) in [7, 11) is 0. The Balaban J connectivity index is 3.67. The molecule has 0 saturated carbocycles. The molecular weight excluding hydrogens is 256 g/mol. The minimum atomic E-state index is -3.98. The highest BCUT2D eigenvalue weighted by molar-refractivity contribution is 5.26. The first-order chi connectivity index (χ1) is 8.22. The first kappa shape index (κ1) is 12.9. The largest absolute Gasteiger partial charge is 0.763 e. The first-order valence-corrected chi connectivity index (χ1v) is 3.94. The molecule has 0 aliphatic rings. The van der Waals surface area contributed by atoms with E-state index >= 15 is 0 Å². The lowest BCUT2D eigenvalue weighted by Gasteiger charge is -2.07. The Hall–Kier alpha value is -3.19. The van der Waals surface area contributed by atoms with E-state index < -0.39 is 38.3 Å². The fourth-order valence-electron chi connectivity index (χ4n) is 1.00. The third-order valence-electron chi connectivity index (χ3n) is 1.73. The van der Waals surface area contributed by atoms with Crippen LogP contribution in [0, 0.1) is 30.3 Å². The maximum Gasteiger partial charge on any atom is 0.763 e. The van der Waals surface area contributed by atoms with Crippen molar-refractivity contribution in [2.45, 2.75) is 5.79 Å². The van der Waals surface area contributed by atoms with Gasteiger partial charge in [0, 0.05) is 0 Å². The topological polar surface area (TPSA) is 220 Å². The lowest BCUT2D eigenvalue weighted by Crippen LogP contribution is -2.51. The summed E-state index contributed by atoms with van der Waals surface area (Å²) >= 11 is 0. The Morgan fingerprint density at radius 1 is 0.833 bits per heavy atom. The van der Waals surface area contributed by atoms with Crippen LogP contribution in [0.15, 0.2) is 0 Å². The van der Waals surface area contributed by atoms with Gasteiger partial charge in [-0.15, -0.1) is 0 Å². The van der Waals surface area contributed by atoms with E-state index in [1.165, 1.54) is 0 Å². The number of nitrogens with two attached hydrogens (primary N) is 2. The monoisotopic (exact) mass is 260 g/mol. The van der Waals surface area contributed by atoms with Crippen molar-refractivity contribution in [2.75, 3.05) is 11.5 Å². The normalized spacial score (nSPS) is 10.9. The van der Waals surface area contributed by atoms with Gasteiger partial charge < -0.3 is 11.5 Å². The maximum absolute atomic E-state index is 10.7. The van der Waals surface area contributed by atoms with Crippen LogP contribution in [0.2, 0.25) is 0 Å². The molecule has 0 atom stereocenters. The summed E-state index contributed by atoms with van der Waals surface area (Å²) in [6.07, 6.45) is 0. The number of hydrogen-bond acceptors (Lipinski definition) is 11. The fourth-order valence-corrected chi connectivity index (χ4v) is 1.00. The third kappa shape index (κ3) is 1.66. The summed E-state index contributed by atoms with van der Waals surface area (Å²) in [5.41, 5.74) is 10.1. The number of nitrogen functional groups attached to an aromatic ring is 2. The van der Waals surface area contributed by atoms with E-state index in [9.17, 15) is 30.3 Å². The number of rotatable bonds is 4. The standard InChI is InChI=1S/C4H4N8O6/c5-2-7-1(8-3(6)9-2)4(10(13)14,11(15)16)12(17)18/h(H4,5,6,7,8,9). The predicted octanol–water partition coefficient (Wildman–Crippen LogP) is -2.02. The van der Waals surface area contributed by atoms with E-state index in [1.807, 2.05) is 0 Å². The van der Waals surface area contributed by atoms with E-state index in [4.69, 9.17) is 11.5 Å². The van der Waals surface area contributed by atoms with Gasteiger partial charge in [0.1, 0.15) is 0 Å². The minimum Gasteiger partial charge on any atom is -0.368 e. The van der Waals surface area contributed by atoms with Gasteiger partial charge >= 0.3 is 11.6 Å². The Morgan fingerprint density at radius 2 is 1.17 bits per heavy atom. The van der Waals surface area contributed by atoms with E-state index in [0.717, 1.165) is 0 Å². The van der Waals surface area contributed by atoms with Crippen molar-refractivity contribution in [1.82, 2.24) is 15.0 Å². The van der Waals surface area contributed by atoms with Crippen LogP contribution in [0.3, 0.4) is 0 Å². The Labute approximate surface area is 96.1 Å². The predicted molar refractivity (Wildman–Crippen MR) is 51.3 cm³/mol. The molecule has 0 aliphatic heterocycles. The van der Waals surface area contributed by atoms with Crippen LogP contribution in [0.4, 0.5) is 11.9 Å². The van der Waals surface area contributed by atoms with E-state index in [1.54, 1.807) is 0 Å². The smallest absolute Gasteiger partial charge is 0.368 e. The van der Waals surface area contributed by atoms with Crippen LogP contribution >= 0.6 is 0 Å². The number of aromatic nitrogens is 3. The zero-order chi connectivity index (χ0) is 14.1. The molecule has 0 amide bonds. The van der Waals surface area contributed by atoms with Crippen molar-refractivity contribution in [3.05, 3.63) is 36.2 Å². The summed E-state index contributed by atoms with van der Waals surface area (Å²) < 4.78 is 0. The zero-order valence-electron chi connectivity index (χ0n) is 8.29. The van der Waals surface area contributed by atoms with Gasteiger partial charge in [0.25, 0.3) is 0 Å². The second-order valence-corrected chi connectivity index (χ2v) is 2.78. The van der Waals surface area contributed by atoms with Gasteiger partial charge in [-0.2, -0.15) is 15.0 Å². The third-order valence-corrected chi connectivity index (χ3v) is 1.73. The summed E-state index contributed by atoms with van der Waals surface area (Å²) in [6, 6.07) is 0. The van der Waals surface area contributed by atoms with Crippen molar-refractivity contribution < 1.29 is 14.8 Å². The Bertz CT molecular complexity index is 486. The summed E-state index contributed by atoms with van der Waals surface area (Å²) in [6.45, 7) is 0. The van der Waals surface area contributed by atoms with Gasteiger partial charge in [0.2, 0.25) is 11.9 Å². The lowest BCUT2D eigenvalue weighted by molar-refractivity contribution is -0.987. The highest BCUT2D eigenvalue weighted by Crippen LogP contribution is 2.24. The maximum atomic E-state index is 10.7. The molecule has 1 aromatic heterocycles. The van der Waals surface area contributed by atoms with Crippen LogP contribution in [0.5, 0.6) is 0 Å². The number of hydrogen-bond donors (Lipinski definition) is 2. The first-order valence-electron chi connectivity index (χ1n) is 3.94. The number of anilines is 2. The minimum absolute atomic E-state index is 0.715. The summed E-state index contributed by atoms with van der Waals surface area (Å²) in [5, 5.41) is 32.0. The van der Waals surface area contributed by atoms with Gasteiger partial charge in [0.15, 0.2) is 14.8 Å². The molecule has 1 aromatic rings. The molecule has 1 heterocycles. The van der Waals surface area contributed by atoms with E-state index in [0.29, 0.717) is 0 Å². The quantitative estimate of drug-likeness (QED) is 0.341. The van der Waals surface area contributed by atoms with Crippen molar-refractivity contribution in [3.8, 4) is 0 Å². The van der Waals surface area contributed by atoms with Crippen LogP contribution in [-0.2, 0) is 5.79 Å². The Kier molecular flexibility index (Phi) is 2.86. The van der Waals surface area contributed by atoms with Gasteiger partial charge in [0.05, 0.1) is 0 Å². The number of nitro groups is 3. The van der Waals surface area contributed by atoms with Gasteiger partial charge in [-0.25, -0.2) is 0 Å². The van der Waals surface area contributed by atoms with Crippen LogP contribution in [0.1, 0.15) is 5.82 Å². The Morgan fingerprint density at radius 3 is 1.44 bits per heavy atom. The molecule has 0 radical (unpaired) electrons. The molecule has 0 aromatic carbocycles. The molecule has 96 valence electrons. The van der Waals surface area contributed by atoms with Gasteiger partial charge in [-0.1, -0.05) is 0 Å². The van der Waals surface area contributed by atoms with Gasteiger partial charge in [-0.3, -0.25) is 30.3 Å². The van der Waals surface area contributed by atoms with Crippen LogP contribution in [0.25, 0.3) is 0 Å². The number of nitrogens with zero attached hydrogens (tertiary/aromatic N) is 6. The van der Waals surface area contributed by atoms with E-state index in [2.05, 4.69) is 15.0 Å². The van der Waals surface area contributed by atoms with Crippen molar-refractivity contribution in [3.63, 3.8) is 0 Å². The van der Waals surface area contributed by atoms with Crippen LogP contribution in [-0.4, -0.2) is 29.7 Å². The highest BCUT2D eigenvalue weighted by atomic mass is 16.7. The molecule has 14 nitrogen and oxygen atoms in total.